The Morgan fingerprint density at radius 3 is 2.69 bits per heavy atom. The Kier molecular flexibility index (Phi) is 2.78. The van der Waals surface area contributed by atoms with Gasteiger partial charge in [0.2, 0.25) is 0 Å². The molecule has 0 unspecified atom stereocenters. The molecule has 82 valence electrons. The minimum absolute atomic E-state index is 0.351. The van der Waals surface area contributed by atoms with Crippen molar-refractivity contribution in [1.29, 1.82) is 0 Å². The van der Waals surface area contributed by atoms with Crippen molar-refractivity contribution in [1.82, 2.24) is 5.32 Å². The Labute approximate surface area is 100 Å². The number of imide groups is 1. The molecule has 16 heavy (non-hydrogen) atoms. The smallest absolute Gasteiger partial charge is 0.261 e. The maximum absolute atomic E-state index is 11.6. The zero-order valence-corrected chi connectivity index (χ0v) is 10.00. The summed E-state index contributed by atoms with van der Waals surface area (Å²) in [5.41, 5.74) is 1.39. The van der Waals surface area contributed by atoms with Gasteiger partial charge in [-0.2, -0.15) is 0 Å². The third-order valence-electron chi connectivity index (χ3n) is 2.22. The first-order chi connectivity index (χ1) is 7.63. The van der Waals surface area contributed by atoms with Crippen LogP contribution in [0, 0.1) is 0 Å². The molecule has 0 aromatic heterocycles. The quantitative estimate of drug-likeness (QED) is 0.484. The van der Waals surface area contributed by atoms with E-state index in [0.29, 0.717) is 16.7 Å². The molecule has 0 saturated heterocycles. The standard InChI is InChI=1S/C11H8BrNO3/c1-16-5-9-7-3-2-6(12)4-8(7)10(14)13-11(9)15/h2-5H,1H3,(H,13,14,15). The van der Waals surface area contributed by atoms with Gasteiger partial charge in [0, 0.05) is 15.6 Å². The average molecular weight is 282 g/mol. The normalized spacial score (nSPS) is 17.0. The number of carbonyl (C=O) groups is 2. The highest BCUT2D eigenvalue weighted by molar-refractivity contribution is 9.10. The number of hydrogen-bond donors (Lipinski definition) is 1. The summed E-state index contributed by atoms with van der Waals surface area (Å²) in [6, 6.07) is 5.15. The van der Waals surface area contributed by atoms with Crippen LogP contribution in [0.15, 0.2) is 28.9 Å². The van der Waals surface area contributed by atoms with E-state index < -0.39 is 11.8 Å². The molecule has 0 spiro atoms. The predicted octanol–water partition coefficient (Wildman–Crippen LogP) is 1.71. The van der Waals surface area contributed by atoms with Crippen molar-refractivity contribution >= 4 is 33.3 Å². The number of nitrogens with one attached hydrogen (secondary N) is 1. The third-order valence-corrected chi connectivity index (χ3v) is 2.72. The monoisotopic (exact) mass is 281 g/mol. The van der Waals surface area contributed by atoms with Crippen LogP contribution in [-0.4, -0.2) is 18.9 Å². The van der Waals surface area contributed by atoms with Crippen LogP contribution in [0.2, 0.25) is 0 Å². The lowest BCUT2D eigenvalue weighted by Gasteiger charge is -2.17. The van der Waals surface area contributed by atoms with Crippen LogP contribution in [-0.2, 0) is 9.53 Å². The molecule has 0 fully saturated rings. The van der Waals surface area contributed by atoms with Crippen molar-refractivity contribution in [2.75, 3.05) is 7.11 Å². The van der Waals surface area contributed by atoms with Gasteiger partial charge < -0.3 is 4.74 Å². The number of fused-ring (bicyclic) bond motifs is 1. The Hall–Kier alpha value is -1.62. The van der Waals surface area contributed by atoms with Crippen LogP contribution in [0.5, 0.6) is 0 Å². The lowest BCUT2D eigenvalue weighted by molar-refractivity contribution is -0.114. The number of carbonyl (C=O) groups excluding carboxylic acids is 2. The summed E-state index contributed by atoms with van der Waals surface area (Å²) in [5.74, 6) is -0.837. The zero-order chi connectivity index (χ0) is 11.7. The molecular formula is C11H8BrNO3. The van der Waals surface area contributed by atoms with Crippen LogP contribution < -0.4 is 5.32 Å². The summed E-state index contributed by atoms with van der Waals surface area (Å²) in [7, 11) is 1.45. The molecule has 1 aliphatic rings. The molecule has 1 aliphatic heterocycles. The summed E-state index contributed by atoms with van der Waals surface area (Å²) in [4.78, 5) is 23.1. The van der Waals surface area contributed by atoms with Crippen molar-refractivity contribution < 1.29 is 14.3 Å². The van der Waals surface area contributed by atoms with Gasteiger partial charge in [0.25, 0.3) is 11.8 Å². The average Bonchev–Trinajstić information content (AvgIpc) is 2.24. The van der Waals surface area contributed by atoms with Crippen molar-refractivity contribution in [2.24, 2.45) is 0 Å². The van der Waals surface area contributed by atoms with Crippen molar-refractivity contribution in [2.45, 2.75) is 0 Å². The van der Waals surface area contributed by atoms with Crippen LogP contribution in [0.25, 0.3) is 5.57 Å². The molecule has 1 aromatic carbocycles. The van der Waals surface area contributed by atoms with Gasteiger partial charge in [0.05, 0.1) is 18.9 Å². The second kappa shape index (κ2) is 4.09. The number of methoxy groups -OCH3 is 1. The fourth-order valence-corrected chi connectivity index (χ4v) is 1.90. The lowest BCUT2D eigenvalue weighted by Crippen LogP contribution is -2.36. The van der Waals surface area contributed by atoms with Gasteiger partial charge in [-0.3, -0.25) is 14.9 Å². The molecule has 1 heterocycles. The molecule has 5 heteroatoms. The summed E-state index contributed by atoms with van der Waals surface area (Å²) >= 11 is 3.28. The minimum Gasteiger partial charge on any atom is -0.504 e. The largest absolute Gasteiger partial charge is 0.504 e. The van der Waals surface area contributed by atoms with Crippen LogP contribution in [0.4, 0.5) is 0 Å². The second-order valence-corrected chi connectivity index (χ2v) is 4.16. The highest BCUT2D eigenvalue weighted by atomic mass is 79.9. The van der Waals surface area contributed by atoms with Gasteiger partial charge >= 0.3 is 0 Å². The molecule has 0 saturated carbocycles. The molecule has 2 rings (SSSR count). The molecule has 0 bridgehead atoms. The summed E-state index contributed by atoms with van der Waals surface area (Å²) in [5, 5.41) is 2.25. The van der Waals surface area contributed by atoms with Crippen LogP contribution in [0.3, 0.4) is 0 Å². The second-order valence-electron chi connectivity index (χ2n) is 3.24. The van der Waals surface area contributed by atoms with Gasteiger partial charge in [0.1, 0.15) is 0 Å². The van der Waals surface area contributed by atoms with Gasteiger partial charge in [-0.25, -0.2) is 0 Å². The van der Waals surface area contributed by atoms with Gasteiger partial charge in [-0.15, -0.1) is 0 Å². The number of hydrogen-bond acceptors (Lipinski definition) is 3. The third kappa shape index (κ3) is 1.74. The highest BCUT2D eigenvalue weighted by Gasteiger charge is 2.27. The molecular weight excluding hydrogens is 274 g/mol. The number of benzene rings is 1. The first-order valence-corrected chi connectivity index (χ1v) is 5.31. The van der Waals surface area contributed by atoms with E-state index in [4.69, 9.17) is 4.74 Å². The SMILES string of the molecule is COC=C1C(=O)NC(=O)c2cc(Br)ccc21. The molecule has 4 nitrogen and oxygen atoms in total. The van der Waals surface area contributed by atoms with Crippen molar-refractivity contribution in [3.63, 3.8) is 0 Å². The molecule has 0 aliphatic carbocycles. The van der Waals surface area contributed by atoms with E-state index in [1.807, 2.05) is 0 Å². The molecule has 0 radical (unpaired) electrons. The van der Waals surface area contributed by atoms with Gasteiger partial charge in [-0.1, -0.05) is 22.0 Å². The zero-order valence-electron chi connectivity index (χ0n) is 8.41. The highest BCUT2D eigenvalue weighted by Crippen LogP contribution is 2.26. The molecule has 1 aromatic rings. The first kappa shape index (κ1) is 10.9. The molecule has 0 atom stereocenters. The summed E-state index contributed by atoms with van der Waals surface area (Å²) in [6.07, 6.45) is 1.33. The molecule has 2 amide bonds. The van der Waals surface area contributed by atoms with E-state index in [1.54, 1.807) is 18.2 Å². The minimum atomic E-state index is -0.443. The Morgan fingerprint density at radius 1 is 1.25 bits per heavy atom. The summed E-state index contributed by atoms with van der Waals surface area (Å²) < 4.78 is 5.61. The maximum atomic E-state index is 11.6. The Bertz CT molecular complexity index is 508. The fraction of sp³-hybridized carbons (Fsp3) is 0.0909. The summed E-state index contributed by atoms with van der Waals surface area (Å²) in [6.45, 7) is 0. The van der Waals surface area contributed by atoms with Crippen LogP contribution >= 0.6 is 15.9 Å². The van der Waals surface area contributed by atoms with E-state index in [-0.39, 0.29) is 0 Å². The van der Waals surface area contributed by atoms with E-state index >= 15 is 0 Å². The van der Waals surface area contributed by atoms with Crippen LogP contribution in [0.1, 0.15) is 15.9 Å². The van der Waals surface area contributed by atoms with Gasteiger partial charge in [-0.05, 0) is 12.1 Å². The fourth-order valence-electron chi connectivity index (χ4n) is 1.53. The number of ether oxygens (including phenoxy) is 1. The predicted molar refractivity (Wildman–Crippen MR) is 61.6 cm³/mol. The van der Waals surface area contributed by atoms with Gasteiger partial charge in [0.15, 0.2) is 0 Å². The van der Waals surface area contributed by atoms with E-state index in [1.165, 1.54) is 13.4 Å². The Balaban J connectivity index is 2.64. The van der Waals surface area contributed by atoms with Crippen molar-refractivity contribution in [3.05, 3.63) is 40.1 Å². The topological polar surface area (TPSA) is 55.4 Å². The molecule has 1 N–H and O–H groups in total. The first-order valence-electron chi connectivity index (χ1n) is 4.52. The van der Waals surface area contributed by atoms with E-state index in [2.05, 4.69) is 21.2 Å². The lowest BCUT2D eigenvalue weighted by atomic mass is 9.96. The Morgan fingerprint density at radius 2 is 2.00 bits per heavy atom. The number of amides is 2. The number of halogens is 1. The van der Waals surface area contributed by atoms with Crippen molar-refractivity contribution in [3.8, 4) is 0 Å². The maximum Gasteiger partial charge on any atom is 0.261 e. The van der Waals surface area contributed by atoms with E-state index in [9.17, 15) is 9.59 Å². The van der Waals surface area contributed by atoms with E-state index in [0.717, 1.165) is 4.47 Å². The number of rotatable bonds is 1.